The van der Waals surface area contributed by atoms with Crippen LogP contribution in [-0.2, 0) is 21.6 Å². The first-order valence-electron chi connectivity index (χ1n) is 6.36. The third-order valence-electron chi connectivity index (χ3n) is 2.95. The molecule has 1 atom stereocenters. The standard InChI is InChI=1S/C15H17NO3S/c1-11-10-20-13(16-11)8-9-19-14(17)15(2,18)12-6-4-3-5-7-12/h3-7,10,18H,8-9H2,1-2H3. The minimum absolute atomic E-state index is 0.217. The molecule has 0 saturated heterocycles. The summed E-state index contributed by atoms with van der Waals surface area (Å²) >= 11 is 1.54. The van der Waals surface area contributed by atoms with Gasteiger partial charge in [-0.25, -0.2) is 9.78 Å². The Morgan fingerprint density at radius 2 is 2.10 bits per heavy atom. The summed E-state index contributed by atoms with van der Waals surface area (Å²) in [5.74, 6) is -0.642. The molecular formula is C15H17NO3S. The largest absolute Gasteiger partial charge is 0.463 e. The van der Waals surface area contributed by atoms with Crippen molar-refractivity contribution in [2.75, 3.05) is 6.61 Å². The molecule has 1 heterocycles. The van der Waals surface area contributed by atoms with E-state index < -0.39 is 11.6 Å². The maximum Gasteiger partial charge on any atom is 0.342 e. The Balaban J connectivity index is 1.91. The number of aromatic nitrogens is 1. The van der Waals surface area contributed by atoms with Crippen LogP contribution in [0.25, 0.3) is 0 Å². The quantitative estimate of drug-likeness (QED) is 0.860. The molecule has 0 saturated carbocycles. The van der Waals surface area contributed by atoms with E-state index >= 15 is 0 Å². The molecule has 0 aliphatic rings. The Bertz CT molecular complexity index is 578. The lowest BCUT2D eigenvalue weighted by atomic mass is 9.96. The summed E-state index contributed by atoms with van der Waals surface area (Å²) in [5.41, 5.74) is -0.136. The van der Waals surface area contributed by atoms with Gasteiger partial charge in [0.2, 0.25) is 0 Å². The van der Waals surface area contributed by atoms with Crippen LogP contribution < -0.4 is 0 Å². The van der Waals surface area contributed by atoms with Crippen molar-refractivity contribution < 1.29 is 14.6 Å². The highest BCUT2D eigenvalue weighted by atomic mass is 32.1. The number of esters is 1. The molecule has 106 valence electrons. The Morgan fingerprint density at radius 3 is 2.70 bits per heavy atom. The van der Waals surface area contributed by atoms with Crippen LogP contribution >= 0.6 is 11.3 Å². The van der Waals surface area contributed by atoms with Gasteiger partial charge in [-0.1, -0.05) is 30.3 Å². The molecule has 0 aliphatic carbocycles. The van der Waals surface area contributed by atoms with E-state index in [2.05, 4.69) is 4.98 Å². The lowest BCUT2D eigenvalue weighted by Crippen LogP contribution is -2.34. The first-order chi connectivity index (χ1) is 9.50. The molecule has 20 heavy (non-hydrogen) atoms. The molecule has 5 heteroatoms. The number of aliphatic hydroxyl groups is 1. The van der Waals surface area contributed by atoms with Crippen molar-refractivity contribution >= 4 is 17.3 Å². The van der Waals surface area contributed by atoms with Crippen molar-refractivity contribution in [3.05, 3.63) is 52.0 Å². The van der Waals surface area contributed by atoms with E-state index in [0.717, 1.165) is 10.7 Å². The molecule has 1 aromatic heterocycles. The van der Waals surface area contributed by atoms with Gasteiger partial charge in [0.05, 0.1) is 11.6 Å². The van der Waals surface area contributed by atoms with Crippen LogP contribution in [0, 0.1) is 6.92 Å². The summed E-state index contributed by atoms with van der Waals surface area (Å²) < 4.78 is 5.15. The molecule has 4 nitrogen and oxygen atoms in total. The highest BCUT2D eigenvalue weighted by Crippen LogP contribution is 2.22. The smallest absolute Gasteiger partial charge is 0.342 e. The summed E-state index contributed by atoms with van der Waals surface area (Å²) in [6.07, 6.45) is 0.565. The topological polar surface area (TPSA) is 59.4 Å². The van der Waals surface area contributed by atoms with Crippen molar-refractivity contribution in [1.82, 2.24) is 4.98 Å². The van der Waals surface area contributed by atoms with Crippen molar-refractivity contribution in [3.8, 4) is 0 Å². The summed E-state index contributed by atoms with van der Waals surface area (Å²) in [6, 6.07) is 8.78. The van der Waals surface area contributed by atoms with Crippen LogP contribution in [-0.4, -0.2) is 22.7 Å². The Labute approximate surface area is 122 Å². The fraction of sp³-hybridized carbons (Fsp3) is 0.333. The van der Waals surface area contributed by atoms with Crippen molar-refractivity contribution in [2.45, 2.75) is 25.9 Å². The minimum Gasteiger partial charge on any atom is -0.463 e. The number of thiazole rings is 1. The highest BCUT2D eigenvalue weighted by Gasteiger charge is 2.33. The molecule has 1 N–H and O–H groups in total. The van der Waals surface area contributed by atoms with E-state index in [0.29, 0.717) is 12.0 Å². The number of nitrogens with zero attached hydrogens (tertiary/aromatic N) is 1. The maximum atomic E-state index is 12.0. The Morgan fingerprint density at radius 1 is 1.40 bits per heavy atom. The van der Waals surface area contributed by atoms with Crippen LogP contribution in [0.3, 0.4) is 0 Å². The van der Waals surface area contributed by atoms with E-state index in [1.807, 2.05) is 18.4 Å². The number of rotatable bonds is 5. The first-order valence-corrected chi connectivity index (χ1v) is 7.24. The average molecular weight is 291 g/mol. The molecular weight excluding hydrogens is 274 g/mol. The highest BCUT2D eigenvalue weighted by molar-refractivity contribution is 7.09. The van der Waals surface area contributed by atoms with Crippen LogP contribution in [0.15, 0.2) is 35.7 Å². The predicted molar refractivity (Wildman–Crippen MR) is 77.5 cm³/mol. The molecule has 2 aromatic rings. The summed E-state index contributed by atoms with van der Waals surface area (Å²) in [5, 5.41) is 13.1. The van der Waals surface area contributed by atoms with Crippen molar-refractivity contribution in [1.29, 1.82) is 0 Å². The molecule has 0 fully saturated rings. The van der Waals surface area contributed by atoms with Gasteiger partial charge in [0.15, 0.2) is 5.60 Å². The predicted octanol–water partition coefficient (Wildman–Crippen LogP) is 2.44. The lowest BCUT2D eigenvalue weighted by Gasteiger charge is -2.21. The molecule has 0 bridgehead atoms. The van der Waals surface area contributed by atoms with E-state index in [4.69, 9.17) is 4.74 Å². The molecule has 0 radical (unpaired) electrons. The van der Waals surface area contributed by atoms with Crippen molar-refractivity contribution in [3.63, 3.8) is 0 Å². The Hall–Kier alpha value is -1.72. The zero-order chi connectivity index (χ0) is 14.6. The van der Waals surface area contributed by atoms with Gasteiger partial charge in [0, 0.05) is 17.5 Å². The zero-order valence-electron chi connectivity index (χ0n) is 11.5. The van der Waals surface area contributed by atoms with E-state index in [-0.39, 0.29) is 6.61 Å². The maximum absolute atomic E-state index is 12.0. The molecule has 2 rings (SSSR count). The van der Waals surface area contributed by atoms with E-state index in [9.17, 15) is 9.90 Å². The number of aryl methyl sites for hydroxylation is 1. The number of benzene rings is 1. The molecule has 1 unspecified atom stereocenters. The number of carbonyl (C=O) groups excluding carboxylic acids is 1. The first kappa shape index (κ1) is 14.7. The van der Waals surface area contributed by atoms with Gasteiger partial charge in [-0.05, 0) is 19.4 Å². The van der Waals surface area contributed by atoms with Gasteiger partial charge in [-0.3, -0.25) is 0 Å². The van der Waals surface area contributed by atoms with Crippen LogP contribution in [0.5, 0.6) is 0 Å². The van der Waals surface area contributed by atoms with Gasteiger partial charge in [0.25, 0.3) is 0 Å². The second-order valence-electron chi connectivity index (χ2n) is 4.71. The molecule has 0 aliphatic heterocycles. The second kappa shape index (κ2) is 6.15. The van der Waals surface area contributed by atoms with Gasteiger partial charge in [-0.15, -0.1) is 11.3 Å². The Kier molecular flexibility index (Phi) is 4.52. The third kappa shape index (κ3) is 3.43. The van der Waals surface area contributed by atoms with Crippen LogP contribution in [0.1, 0.15) is 23.2 Å². The van der Waals surface area contributed by atoms with Crippen LogP contribution in [0.4, 0.5) is 0 Å². The van der Waals surface area contributed by atoms with Gasteiger partial charge < -0.3 is 9.84 Å². The zero-order valence-corrected chi connectivity index (χ0v) is 12.3. The average Bonchev–Trinajstić information content (AvgIpc) is 2.85. The fourth-order valence-electron chi connectivity index (χ4n) is 1.77. The van der Waals surface area contributed by atoms with E-state index in [1.165, 1.54) is 6.92 Å². The number of hydrogen-bond acceptors (Lipinski definition) is 5. The normalized spacial score (nSPS) is 13.8. The molecule has 0 amide bonds. The SMILES string of the molecule is Cc1csc(CCOC(=O)C(C)(O)c2ccccc2)n1. The molecule has 0 spiro atoms. The minimum atomic E-state index is -1.62. The van der Waals surface area contributed by atoms with Crippen LogP contribution in [0.2, 0.25) is 0 Å². The van der Waals surface area contributed by atoms with Crippen molar-refractivity contribution in [2.24, 2.45) is 0 Å². The monoisotopic (exact) mass is 291 g/mol. The second-order valence-corrected chi connectivity index (χ2v) is 5.65. The number of hydrogen-bond donors (Lipinski definition) is 1. The molecule has 1 aromatic carbocycles. The van der Waals surface area contributed by atoms with E-state index in [1.54, 1.807) is 35.6 Å². The third-order valence-corrected chi connectivity index (χ3v) is 3.98. The summed E-state index contributed by atoms with van der Waals surface area (Å²) in [6.45, 7) is 3.58. The number of ether oxygens (including phenoxy) is 1. The summed E-state index contributed by atoms with van der Waals surface area (Å²) in [4.78, 5) is 16.3. The van der Waals surface area contributed by atoms with Gasteiger partial charge in [0.1, 0.15) is 0 Å². The lowest BCUT2D eigenvalue weighted by molar-refractivity contribution is -0.164. The fourth-order valence-corrected chi connectivity index (χ4v) is 2.53. The van der Waals surface area contributed by atoms with Gasteiger partial charge in [-0.2, -0.15) is 0 Å². The number of carbonyl (C=O) groups is 1. The summed E-state index contributed by atoms with van der Waals surface area (Å²) in [7, 11) is 0. The van der Waals surface area contributed by atoms with Gasteiger partial charge >= 0.3 is 5.97 Å².